The molecule has 0 amide bonds. The normalized spacial score (nSPS) is 5.33. The maximum absolute atomic E-state index is 4.94. The monoisotopic (exact) mass is 74.1 g/mol. The van der Waals surface area contributed by atoms with Gasteiger partial charge in [0.2, 0.25) is 0 Å². The van der Waals surface area contributed by atoms with Crippen molar-refractivity contribution in [3.8, 4) is 0 Å². The standard InChI is InChI=1S/C5H7.Li/c1-3-5-4-2;/h1,3-4H,2,5H2;/q-1;+1. The van der Waals surface area contributed by atoms with E-state index in [1.165, 1.54) is 0 Å². The Morgan fingerprint density at radius 2 is 2.17 bits per heavy atom. The summed E-state index contributed by atoms with van der Waals surface area (Å²) in [7, 11) is 0. The van der Waals surface area contributed by atoms with E-state index in [4.69, 9.17) is 6.58 Å². The molecule has 0 aromatic rings. The van der Waals surface area contributed by atoms with E-state index in [0.29, 0.717) is 0 Å². The molecule has 0 spiro atoms. The summed E-state index contributed by atoms with van der Waals surface area (Å²) in [5.41, 5.74) is 0. The Balaban J connectivity index is 0. The molecule has 0 atom stereocenters. The van der Waals surface area contributed by atoms with Gasteiger partial charge in [-0.15, -0.1) is 6.58 Å². The Morgan fingerprint density at radius 3 is 2.17 bits per heavy atom. The number of hydrogen-bond donors (Lipinski definition) is 0. The molecule has 0 aliphatic heterocycles. The predicted molar refractivity (Wildman–Crippen MR) is 23.7 cm³/mol. The molecule has 1 heteroatoms. The van der Waals surface area contributed by atoms with E-state index < -0.39 is 0 Å². The first-order chi connectivity index (χ1) is 2.41. The van der Waals surface area contributed by atoms with E-state index in [1.807, 2.05) is 0 Å². The Kier molecular flexibility index (Phi) is 14.0. The minimum atomic E-state index is 0. The van der Waals surface area contributed by atoms with Crippen molar-refractivity contribution in [2.45, 2.75) is 6.42 Å². The largest absolute Gasteiger partial charge is 1.00 e. The smallest absolute Gasteiger partial charge is 0.518 e. The van der Waals surface area contributed by atoms with Gasteiger partial charge < -0.3 is 6.58 Å². The fourth-order valence-corrected chi connectivity index (χ4v) is 0.0962. The second-order valence-corrected chi connectivity index (χ2v) is 0.760. The maximum Gasteiger partial charge on any atom is 1.00 e. The Hall–Kier alpha value is 0.0774. The maximum atomic E-state index is 4.94. The van der Waals surface area contributed by atoms with Crippen molar-refractivity contribution in [3.63, 3.8) is 0 Å². The van der Waals surface area contributed by atoms with Crippen LogP contribution in [0.1, 0.15) is 6.42 Å². The van der Waals surface area contributed by atoms with Crippen molar-refractivity contribution in [2.24, 2.45) is 0 Å². The van der Waals surface area contributed by atoms with Crippen LogP contribution in [0.5, 0.6) is 0 Å². The molecule has 0 nitrogen and oxygen atoms in total. The molecule has 0 aliphatic carbocycles. The van der Waals surface area contributed by atoms with Crippen molar-refractivity contribution < 1.29 is 18.9 Å². The van der Waals surface area contributed by atoms with Crippen molar-refractivity contribution >= 4 is 0 Å². The molecule has 0 bridgehead atoms. The van der Waals surface area contributed by atoms with Gasteiger partial charge in [0.05, 0.1) is 0 Å². The van der Waals surface area contributed by atoms with E-state index in [1.54, 1.807) is 12.2 Å². The first-order valence-corrected chi connectivity index (χ1v) is 1.56. The van der Waals surface area contributed by atoms with Crippen molar-refractivity contribution in [2.75, 3.05) is 0 Å². The molecule has 0 rings (SSSR count). The van der Waals surface area contributed by atoms with Gasteiger partial charge in [0.1, 0.15) is 0 Å². The van der Waals surface area contributed by atoms with E-state index in [0.717, 1.165) is 6.42 Å². The van der Waals surface area contributed by atoms with Gasteiger partial charge in [0.25, 0.3) is 0 Å². The number of rotatable bonds is 2. The molecule has 0 N–H and O–H groups in total. The molecular formula is C5H7Li. The fourth-order valence-electron chi connectivity index (χ4n) is 0.0962. The van der Waals surface area contributed by atoms with Gasteiger partial charge in [-0.1, -0.05) is 6.08 Å². The van der Waals surface area contributed by atoms with E-state index in [9.17, 15) is 0 Å². The van der Waals surface area contributed by atoms with Gasteiger partial charge in [0.15, 0.2) is 0 Å². The summed E-state index contributed by atoms with van der Waals surface area (Å²) < 4.78 is 0. The van der Waals surface area contributed by atoms with Crippen LogP contribution < -0.4 is 18.9 Å². The molecular weight excluding hydrogens is 67.0 g/mol. The topological polar surface area (TPSA) is 0 Å². The summed E-state index contributed by atoms with van der Waals surface area (Å²) >= 11 is 0. The minimum Gasteiger partial charge on any atom is -0.518 e. The SMILES string of the molecule is [CH-]=CCC=C.[Li+]. The van der Waals surface area contributed by atoms with E-state index in [-0.39, 0.29) is 18.9 Å². The Morgan fingerprint density at radius 1 is 1.67 bits per heavy atom. The summed E-state index contributed by atoms with van der Waals surface area (Å²) in [5, 5.41) is 0. The first kappa shape index (κ1) is 9.42. The Labute approximate surface area is 51.1 Å². The quantitative estimate of drug-likeness (QED) is 0.214. The van der Waals surface area contributed by atoms with Gasteiger partial charge in [-0.2, -0.15) is 0 Å². The molecule has 0 fully saturated rings. The van der Waals surface area contributed by atoms with Gasteiger partial charge >= 0.3 is 18.9 Å². The zero-order chi connectivity index (χ0) is 4.12. The van der Waals surface area contributed by atoms with E-state index in [2.05, 4.69) is 6.58 Å². The molecule has 6 heavy (non-hydrogen) atoms. The van der Waals surface area contributed by atoms with Crippen molar-refractivity contribution in [3.05, 3.63) is 25.3 Å². The molecule has 0 radical (unpaired) electrons. The number of hydrogen-bond acceptors (Lipinski definition) is 0. The molecule has 0 aromatic heterocycles. The third-order valence-electron chi connectivity index (χ3n) is 0.303. The van der Waals surface area contributed by atoms with Gasteiger partial charge in [0, 0.05) is 0 Å². The third kappa shape index (κ3) is 8.95. The fraction of sp³-hybridized carbons (Fsp3) is 0.200. The molecule has 28 valence electrons. The summed E-state index contributed by atoms with van der Waals surface area (Å²) in [6, 6.07) is 0. The van der Waals surface area contributed by atoms with Crippen LogP contribution in [-0.2, 0) is 0 Å². The van der Waals surface area contributed by atoms with Crippen LogP contribution in [-0.4, -0.2) is 0 Å². The zero-order valence-corrected chi connectivity index (χ0v) is 4.15. The van der Waals surface area contributed by atoms with Crippen LogP contribution >= 0.6 is 0 Å². The van der Waals surface area contributed by atoms with Crippen LogP contribution in [0.25, 0.3) is 0 Å². The molecule has 0 unspecified atom stereocenters. The van der Waals surface area contributed by atoms with Gasteiger partial charge in [-0.3, -0.25) is 6.08 Å². The molecule has 0 saturated heterocycles. The average molecular weight is 74.1 g/mol. The second-order valence-electron chi connectivity index (χ2n) is 0.760. The number of allylic oxidation sites excluding steroid dienone is 2. The zero-order valence-electron chi connectivity index (χ0n) is 4.15. The molecule has 0 saturated carbocycles. The van der Waals surface area contributed by atoms with Crippen molar-refractivity contribution in [1.29, 1.82) is 0 Å². The Bertz CT molecular complexity index is 33.2. The molecule has 0 aliphatic rings. The molecule has 0 aromatic carbocycles. The summed E-state index contributed by atoms with van der Waals surface area (Å²) in [5.74, 6) is 0. The predicted octanol–water partition coefficient (Wildman–Crippen LogP) is -1.44. The summed E-state index contributed by atoms with van der Waals surface area (Å²) in [6.07, 6.45) is 4.12. The summed E-state index contributed by atoms with van der Waals surface area (Å²) in [6.45, 7) is 8.38. The van der Waals surface area contributed by atoms with Crippen molar-refractivity contribution in [1.82, 2.24) is 0 Å². The van der Waals surface area contributed by atoms with E-state index >= 15 is 0 Å². The van der Waals surface area contributed by atoms with Crippen LogP contribution in [0.4, 0.5) is 0 Å². The van der Waals surface area contributed by atoms with Gasteiger partial charge in [-0.25, -0.2) is 0 Å². The first-order valence-electron chi connectivity index (χ1n) is 1.56. The molecule has 0 heterocycles. The van der Waals surface area contributed by atoms with Crippen LogP contribution in [0.3, 0.4) is 0 Å². The van der Waals surface area contributed by atoms with Crippen LogP contribution in [0.2, 0.25) is 0 Å². The third-order valence-corrected chi connectivity index (χ3v) is 0.303. The second kappa shape index (κ2) is 8.91. The van der Waals surface area contributed by atoms with Crippen LogP contribution in [0, 0.1) is 6.58 Å². The average Bonchev–Trinajstić information content (AvgIpc) is 1.41. The minimum absolute atomic E-state index is 0. The summed E-state index contributed by atoms with van der Waals surface area (Å²) in [4.78, 5) is 0. The van der Waals surface area contributed by atoms with Gasteiger partial charge in [-0.05, 0) is 6.42 Å². The van der Waals surface area contributed by atoms with Crippen LogP contribution in [0.15, 0.2) is 18.7 Å².